The Labute approximate surface area is 81.2 Å². The molecule has 70 valence electrons. The van der Waals surface area contributed by atoms with Gasteiger partial charge in [-0.1, -0.05) is 13.8 Å². The Balaban J connectivity index is 0.000000396. The zero-order chi connectivity index (χ0) is 9.84. The number of H-pyrrole nitrogens is 1. The van der Waals surface area contributed by atoms with Gasteiger partial charge in [0.25, 0.3) is 5.56 Å². The third kappa shape index (κ3) is 1.98. The zero-order valence-corrected chi connectivity index (χ0v) is 8.87. The van der Waals surface area contributed by atoms with Crippen LogP contribution in [0.15, 0.2) is 23.1 Å². The minimum Gasteiger partial charge on any atom is -0.328 e. The average molecular weight is 195 g/mol. The van der Waals surface area contributed by atoms with Gasteiger partial charge in [-0.3, -0.25) is 4.79 Å². The van der Waals surface area contributed by atoms with Crippen molar-refractivity contribution in [1.82, 2.24) is 4.98 Å². The van der Waals surface area contributed by atoms with Crippen LogP contribution in [0.2, 0.25) is 0 Å². The molecule has 2 rings (SSSR count). The lowest BCUT2D eigenvalue weighted by molar-refractivity contribution is 1.29. The molecule has 0 fully saturated rings. The summed E-state index contributed by atoms with van der Waals surface area (Å²) >= 11 is 1.53. The van der Waals surface area contributed by atoms with Crippen molar-refractivity contribution in [3.05, 3.63) is 33.6 Å². The molecule has 0 aliphatic heterocycles. The van der Waals surface area contributed by atoms with Gasteiger partial charge in [-0.15, -0.1) is 11.3 Å². The monoisotopic (exact) mass is 195 g/mol. The van der Waals surface area contributed by atoms with Crippen molar-refractivity contribution in [2.24, 2.45) is 0 Å². The molecule has 0 spiro atoms. The lowest BCUT2D eigenvalue weighted by Gasteiger charge is -1.83. The summed E-state index contributed by atoms with van der Waals surface area (Å²) in [6.07, 6.45) is 1.68. The van der Waals surface area contributed by atoms with Crippen LogP contribution in [0.3, 0.4) is 0 Å². The van der Waals surface area contributed by atoms with Crippen molar-refractivity contribution in [2.75, 3.05) is 0 Å². The van der Waals surface area contributed by atoms with E-state index >= 15 is 0 Å². The molecule has 3 heteroatoms. The van der Waals surface area contributed by atoms with Crippen molar-refractivity contribution in [3.8, 4) is 0 Å². The molecule has 0 saturated heterocycles. The van der Waals surface area contributed by atoms with E-state index in [2.05, 4.69) is 4.98 Å². The van der Waals surface area contributed by atoms with Gasteiger partial charge in [0.1, 0.15) is 0 Å². The van der Waals surface area contributed by atoms with Crippen LogP contribution in [-0.4, -0.2) is 4.98 Å². The molecule has 0 saturated carbocycles. The highest BCUT2D eigenvalue weighted by Gasteiger charge is 1.99. The largest absolute Gasteiger partial charge is 0.328 e. The molecule has 2 aromatic heterocycles. The fraction of sp³-hybridized carbons (Fsp3) is 0.300. The average Bonchev–Trinajstić information content (AvgIpc) is 2.51. The Hall–Kier alpha value is -1.09. The molecule has 0 aliphatic rings. The smallest absolute Gasteiger partial charge is 0.265 e. The number of aromatic nitrogens is 1. The number of hydrogen-bond donors (Lipinski definition) is 1. The predicted octanol–water partition coefficient (Wildman–Crippen LogP) is 2.92. The van der Waals surface area contributed by atoms with Crippen molar-refractivity contribution >= 4 is 21.4 Å². The Morgan fingerprint density at radius 1 is 1.38 bits per heavy atom. The van der Waals surface area contributed by atoms with Gasteiger partial charge in [-0.2, -0.15) is 0 Å². The molecule has 2 nitrogen and oxygen atoms in total. The van der Waals surface area contributed by atoms with Gasteiger partial charge in [-0.05, 0) is 24.4 Å². The predicted molar refractivity (Wildman–Crippen MR) is 58.5 cm³/mol. The number of rotatable bonds is 0. The summed E-state index contributed by atoms with van der Waals surface area (Å²) in [6, 6.07) is 3.94. The number of fused-ring (bicyclic) bond motifs is 1. The lowest BCUT2D eigenvalue weighted by Crippen LogP contribution is -2.01. The molecule has 0 atom stereocenters. The summed E-state index contributed by atoms with van der Waals surface area (Å²) < 4.78 is 0.824. The first kappa shape index (κ1) is 9.99. The second kappa shape index (κ2) is 4.23. The van der Waals surface area contributed by atoms with Gasteiger partial charge in [-0.25, -0.2) is 0 Å². The standard InChI is InChI=1S/C8H7NOS.C2H6/c1-5-4-6-2-3-9-8(10)7(6)11-5;1-2/h2-4H,1H3,(H,9,10);1-2H3. The van der Waals surface area contributed by atoms with E-state index in [4.69, 9.17) is 0 Å². The van der Waals surface area contributed by atoms with Crippen molar-refractivity contribution in [2.45, 2.75) is 20.8 Å². The molecule has 2 aromatic rings. The van der Waals surface area contributed by atoms with Crippen molar-refractivity contribution < 1.29 is 0 Å². The van der Waals surface area contributed by atoms with Gasteiger partial charge in [0.15, 0.2) is 0 Å². The Morgan fingerprint density at radius 3 is 2.69 bits per heavy atom. The van der Waals surface area contributed by atoms with E-state index < -0.39 is 0 Å². The molecule has 1 N–H and O–H groups in total. The fourth-order valence-corrected chi connectivity index (χ4v) is 2.01. The van der Waals surface area contributed by atoms with Crippen LogP contribution in [0.5, 0.6) is 0 Å². The van der Waals surface area contributed by atoms with Gasteiger partial charge in [0.05, 0.1) is 4.70 Å². The molecule has 0 aromatic carbocycles. The van der Waals surface area contributed by atoms with Gasteiger partial charge < -0.3 is 4.98 Å². The second-order valence-electron chi connectivity index (χ2n) is 2.45. The Kier molecular flexibility index (Phi) is 3.25. The lowest BCUT2D eigenvalue weighted by atomic mass is 10.3. The third-order valence-electron chi connectivity index (χ3n) is 1.57. The van der Waals surface area contributed by atoms with Crippen LogP contribution in [-0.2, 0) is 0 Å². The van der Waals surface area contributed by atoms with E-state index in [1.807, 2.05) is 32.9 Å². The molecule has 0 aliphatic carbocycles. The highest BCUT2D eigenvalue weighted by molar-refractivity contribution is 7.18. The molecular weight excluding hydrogens is 182 g/mol. The quantitative estimate of drug-likeness (QED) is 0.688. The Morgan fingerprint density at radius 2 is 2.08 bits per heavy atom. The first-order valence-corrected chi connectivity index (χ1v) is 5.17. The van der Waals surface area contributed by atoms with Gasteiger partial charge in [0.2, 0.25) is 0 Å². The van der Waals surface area contributed by atoms with Gasteiger partial charge >= 0.3 is 0 Å². The molecule has 0 amide bonds. The first-order valence-electron chi connectivity index (χ1n) is 4.35. The molecule has 0 bridgehead atoms. The molecular formula is C10H13NOS. The third-order valence-corrected chi connectivity index (χ3v) is 2.63. The summed E-state index contributed by atoms with van der Waals surface area (Å²) in [5.41, 5.74) is 0.0144. The van der Waals surface area contributed by atoms with Crippen LogP contribution in [0.25, 0.3) is 10.1 Å². The zero-order valence-electron chi connectivity index (χ0n) is 8.05. The minimum absolute atomic E-state index is 0.0144. The van der Waals surface area contributed by atoms with Crippen LogP contribution >= 0.6 is 11.3 Å². The maximum Gasteiger partial charge on any atom is 0.265 e. The highest BCUT2D eigenvalue weighted by Crippen LogP contribution is 2.20. The van der Waals surface area contributed by atoms with E-state index in [1.165, 1.54) is 16.2 Å². The number of pyridine rings is 1. The summed E-state index contributed by atoms with van der Waals surface area (Å²) in [4.78, 5) is 15.0. The van der Waals surface area contributed by atoms with E-state index in [9.17, 15) is 4.79 Å². The summed E-state index contributed by atoms with van der Waals surface area (Å²) in [7, 11) is 0. The highest BCUT2D eigenvalue weighted by atomic mass is 32.1. The fourth-order valence-electron chi connectivity index (χ4n) is 1.11. The topological polar surface area (TPSA) is 32.9 Å². The number of aromatic amines is 1. The Bertz CT molecular complexity index is 441. The SMILES string of the molecule is CC.Cc1cc2cc[nH]c(=O)c2s1. The van der Waals surface area contributed by atoms with E-state index in [1.54, 1.807) is 6.20 Å². The van der Waals surface area contributed by atoms with Crippen LogP contribution < -0.4 is 5.56 Å². The van der Waals surface area contributed by atoms with Crippen LogP contribution in [0.4, 0.5) is 0 Å². The minimum atomic E-state index is 0.0144. The van der Waals surface area contributed by atoms with Gasteiger partial charge in [0, 0.05) is 11.1 Å². The number of nitrogens with one attached hydrogen (secondary N) is 1. The first-order chi connectivity index (χ1) is 6.27. The van der Waals surface area contributed by atoms with E-state index in [0.29, 0.717) is 0 Å². The summed E-state index contributed by atoms with van der Waals surface area (Å²) in [5, 5.41) is 1.04. The van der Waals surface area contributed by atoms with Crippen LogP contribution in [0, 0.1) is 6.92 Å². The summed E-state index contributed by atoms with van der Waals surface area (Å²) in [5.74, 6) is 0. The molecule has 13 heavy (non-hydrogen) atoms. The van der Waals surface area contributed by atoms with E-state index in [0.717, 1.165) is 10.1 Å². The maximum absolute atomic E-state index is 11.1. The maximum atomic E-state index is 11.1. The molecule has 2 heterocycles. The number of thiophene rings is 1. The second-order valence-corrected chi connectivity index (χ2v) is 3.70. The number of hydrogen-bond acceptors (Lipinski definition) is 2. The number of aryl methyl sites for hydroxylation is 1. The van der Waals surface area contributed by atoms with E-state index in [-0.39, 0.29) is 5.56 Å². The van der Waals surface area contributed by atoms with Crippen molar-refractivity contribution in [1.29, 1.82) is 0 Å². The van der Waals surface area contributed by atoms with Crippen LogP contribution in [0.1, 0.15) is 18.7 Å². The molecule has 0 radical (unpaired) electrons. The summed E-state index contributed by atoms with van der Waals surface area (Å²) in [6.45, 7) is 6.00. The normalized spacial score (nSPS) is 9.46. The van der Waals surface area contributed by atoms with Crippen molar-refractivity contribution in [3.63, 3.8) is 0 Å². The molecule has 0 unspecified atom stereocenters.